The first-order valence-electron chi connectivity index (χ1n) is 7.56. The summed E-state index contributed by atoms with van der Waals surface area (Å²) in [6, 6.07) is 0. The number of hydrogen-bond acceptors (Lipinski definition) is 5. The van der Waals surface area contributed by atoms with Crippen molar-refractivity contribution in [3.63, 3.8) is 0 Å². The minimum Gasteiger partial charge on any atom is -0.468 e. The zero-order chi connectivity index (χ0) is 15.2. The van der Waals surface area contributed by atoms with E-state index in [0.29, 0.717) is 12.2 Å². The van der Waals surface area contributed by atoms with Crippen LogP contribution in [0.25, 0.3) is 0 Å². The first kappa shape index (κ1) is 17.4. The van der Waals surface area contributed by atoms with E-state index < -0.39 is 5.54 Å². The highest BCUT2D eigenvalue weighted by atomic mass is 16.5. The molecule has 0 aromatic carbocycles. The monoisotopic (exact) mass is 286 g/mol. The third-order valence-electron chi connectivity index (χ3n) is 4.08. The normalized spacial score (nSPS) is 27.1. The number of morpholine rings is 1. The van der Waals surface area contributed by atoms with Gasteiger partial charge in [-0.05, 0) is 53.6 Å². The van der Waals surface area contributed by atoms with Gasteiger partial charge in [0.05, 0.1) is 19.3 Å². The SMILES string of the molecule is CNC(C)(CCCCN1CC(C)OC(C)C1)C(=O)OC. The molecule has 1 rings (SSSR count). The minimum atomic E-state index is -0.569. The Morgan fingerprint density at radius 3 is 2.45 bits per heavy atom. The molecule has 118 valence electrons. The molecule has 20 heavy (non-hydrogen) atoms. The highest BCUT2D eigenvalue weighted by Gasteiger charge is 2.31. The van der Waals surface area contributed by atoms with Gasteiger partial charge < -0.3 is 14.8 Å². The fourth-order valence-electron chi connectivity index (χ4n) is 2.84. The van der Waals surface area contributed by atoms with Gasteiger partial charge in [-0.3, -0.25) is 9.69 Å². The average molecular weight is 286 g/mol. The largest absolute Gasteiger partial charge is 0.468 e. The van der Waals surface area contributed by atoms with Gasteiger partial charge >= 0.3 is 5.97 Å². The summed E-state index contributed by atoms with van der Waals surface area (Å²) in [5.41, 5.74) is -0.569. The van der Waals surface area contributed by atoms with Crippen LogP contribution in [-0.4, -0.2) is 62.4 Å². The molecular weight excluding hydrogens is 256 g/mol. The number of likely N-dealkylation sites (N-methyl/N-ethyl adjacent to an activating group) is 1. The van der Waals surface area contributed by atoms with Gasteiger partial charge in [-0.15, -0.1) is 0 Å². The molecule has 5 heteroatoms. The molecule has 1 aliphatic rings. The van der Waals surface area contributed by atoms with Crippen molar-refractivity contribution in [3.05, 3.63) is 0 Å². The van der Waals surface area contributed by atoms with Crippen LogP contribution in [0.5, 0.6) is 0 Å². The van der Waals surface area contributed by atoms with Crippen LogP contribution >= 0.6 is 0 Å². The van der Waals surface area contributed by atoms with Crippen LogP contribution in [0.1, 0.15) is 40.0 Å². The van der Waals surface area contributed by atoms with E-state index in [-0.39, 0.29) is 5.97 Å². The fraction of sp³-hybridized carbons (Fsp3) is 0.933. The number of methoxy groups -OCH3 is 1. The van der Waals surface area contributed by atoms with Gasteiger partial charge in [0.25, 0.3) is 0 Å². The summed E-state index contributed by atoms with van der Waals surface area (Å²) >= 11 is 0. The van der Waals surface area contributed by atoms with Crippen LogP contribution in [0.4, 0.5) is 0 Å². The second kappa shape index (κ2) is 7.96. The molecule has 0 spiro atoms. The maximum atomic E-state index is 11.7. The van der Waals surface area contributed by atoms with E-state index in [2.05, 4.69) is 24.1 Å². The molecule has 0 radical (unpaired) electrons. The third-order valence-corrected chi connectivity index (χ3v) is 4.08. The van der Waals surface area contributed by atoms with Gasteiger partial charge in [-0.2, -0.15) is 0 Å². The van der Waals surface area contributed by atoms with Crippen LogP contribution in [-0.2, 0) is 14.3 Å². The maximum absolute atomic E-state index is 11.7. The van der Waals surface area contributed by atoms with Crippen LogP contribution in [0.15, 0.2) is 0 Å². The predicted octanol–water partition coefficient (Wildman–Crippen LogP) is 1.42. The van der Waals surface area contributed by atoms with Crippen molar-refractivity contribution in [2.75, 3.05) is 33.8 Å². The zero-order valence-corrected chi connectivity index (χ0v) is 13.6. The molecule has 3 atom stereocenters. The lowest BCUT2D eigenvalue weighted by Gasteiger charge is -2.35. The van der Waals surface area contributed by atoms with E-state index in [4.69, 9.17) is 9.47 Å². The highest BCUT2D eigenvalue weighted by molar-refractivity contribution is 5.80. The molecule has 1 heterocycles. The molecule has 0 aromatic rings. The summed E-state index contributed by atoms with van der Waals surface area (Å²) in [4.78, 5) is 14.2. The first-order chi connectivity index (χ1) is 9.41. The molecule has 0 bridgehead atoms. The summed E-state index contributed by atoms with van der Waals surface area (Å²) < 4.78 is 10.6. The van der Waals surface area contributed by atoms with E-state index in [0.717, 1.165) is 38.9 Å². The second-order valence-corrected chi connectivity index (χ2v) is 6.05. The van der Waals surface area contributed by atoms with Crippen molar-refractivity contribution >= 4 is 5.97 Å². The third kappa shape index (κ3) is 5.04. The summed E-state index contributed by atoms with van der Waals surface area (Å²) in [7, 11) is 3.25. The Morgan fingerprint density at radius 1 is 1.35 bits per heavy atom. The van der Waals surface area contributed by atoms with Gasteiger partial charge in [-0.1, -0.05) is 0 Å². The topological polar surface area (TPSA) is 50.8 Å². The average Bonchev–Trinajstić information content (AvgIpc) is 2.41. The number of ether oxygens (including phenoxy) is 2. The summed E-state index contributed by atoms with van der Waals surface area (Å²) in [6.07, 6.45) is 3.53. The van der Waals surface area contributed by atoms with Crippen LogP contribution in [0, 0.1) is 0 Å². The predicted molar refractivity (Wildman–Crippen MR) is 79.8 cm³/mol. The number of nitrogens with one attached hydrogen (secondary N) is 1. The standard InChI is InChI=1S/C15H30N2O3/c1-12-10-17(11-13(2)20-12)9-7-6-8-15(3,16-4)14(18)19-5/h12-13,16H,6-11H2,1-5H3. The molecule has 5 nitrogen and oxygen atoms in total. The van der Waals surface area contributed by atoms with Crippen LogP contribution in [0.3, 0.4) is 0 Å². The van der Waals surface area contributed by atoms with Crippen molar-refractivity contribution in [1.82, 2.24) is 10.2 Å². The minimum absolute atomic E-state index is 0.186. The Labute approximate surface area is 123 Å². The number of carbonyl (C=O) groups is 1. The van der Waals surface area contributed by atoms with Crippen LogP contribution < -0.4 is 5.32 Å². The molecule has 0 aromatic heterocycles. The molecule has 1 saturated heterocycles. The lowest BCUT2D eigenvalue weighted by atomic mass is 9.95. The zero-order valence-electron chi connectivity index (χ0n) is 13.6. The summed E-state index contributed by atoms with van der Waals surface area (Å²) in [5.74, 6) is -0.186. The van der Waals surface area contributed by atoms with E-state index in [1.165, 1.54) is 7.11 Å². The van der Waals surface area contributed by atoms with E-state index >= 15 is 0 Å². The van der Waals surface area contributed by atoms with Crippen molar-refractivity contribution in [2.24, 2.45) is 0 Å². The van der Waals surface area contributed by atoms with Crippen molar-refractivity contribution < 1.29 is 14.3 Å². The lowest BCUT2D eigenvalue weighted by Crippen LogP contribution is -2.48. The number of nitrogens with zero attached hydrogens (tertiary/aromatic N) is 1. The van der Waals surface area contributed by atoms with Gasteiger partial charge in [-0.25, -0.2) is 0 Å². The van der Waals surface area contributed by atoms with E-state index in [9.17, 15) is 4.79 Å². The number of esters is 1. The van der Waals surface area contributed by atoms with Gasteiger partial charge in [0.15, 0.2) is 0 Å². The quantitative estimate of drug-likeness (QED) is 0.566. The van der Waals surface area contributed by atoms with E-state index in [1.807, 2.05) is 14.0 Å². The number of hydrogen-bond donors (Lipinski definition) is 1. The van der Waals surface area contributed by atoms with Gasteiger partial charge in [0, 0.05) is 13.1 Å². The molecule has 1 aliphatic heterocycles. The van der Waals surface area contributed by atoms with Gasteiger partial charge in [0.1, 0.15) is 5.54 Å². The number of carbonyl (C=O) groups excluding carboxylic acids is 1. The molecule has 1 N–H and O–H groups in total. The Balaban J connectivity index is 2.28. The van der Waals surface area contributed by atoms with E-state index in [1.54, 1.807) is 0 Å². The lowest BCUT2D eigenvalue weighted by molar-refractivity contribution is -0.148. The molecule has 0 aliphatic carbocycles. The Kier molecular flexibility index (Phi) is 6.92. The first-order valence-corrected chi connectivity index (χ1v) is 7.56. The summed E-state index contributed by atoms with van der Waals surface area (Å²) in [5, 5.41) is 3.07. The molecule has 0 amide bonds. The molecule has 0 saturated carbocycles. The Hall–Kier alpha value is -0.650. The summed E-state index contributed by atoms with van der Waals surface area (Å²) in [6.45, 7) is 9.22. The fourth-order valence-corrected chi connectivity index (χ4v) is 2.84. The molecule has 1 fully saturated rings. The van der Waals surface area contributed by atoms with Crippen molar-refractivity contribution in [3.8, 4) is 0 Å². The molecule has 3 unspecified atom stereocenters. The Bertz CT molecular complexity index is 301. The van der Waals surface area contributed by atoms with Gasteiger partial charge in [0.2, 0.25) is 0 Å². The second-order valence-electron chi connectivity index (χ2n) is 6.05. The Morgan fingerprint density at radius 2 is 1.95 bits per heavy atom. The smallest absolute Gasteiger partial charge is 0.325 e. The van der Waals surface area contributed by atoms with Crippen molar-refractivity contribution in [1.29, 1.82) is 0 Å². The van der Waals surface area contributed by atoms with Crippen LogP contribution in [0.2, 0.25) is 0 Å². The molecular formula is C15H30N2O3. The van der Waals surface area contributed by atoms with Crippen molar-refractivity contribution in [2.45, 2.75) is 57.8 Å². The highest BCUT2D eigenvalue weighted by Crippen LogP contribution is 2.17. The maximum Gasteiger partial charge on any atom is 0.325 e. The number of unbranched alkanes of at least 4 members (excludes halogenated alkanes) is 1. The number of rotatable bonds is 7.